The van der Waals surface area contributed by atoms with Crippen molar-refractivity contribution < 1.29 is 28.6 Å². The van der Waals surface area contributed by atoms with Crippen molar-refractivity contribution in [3.05, 3.63) is 47.5 Å². The number of carboxylic acids is 1. The molecule has 0 saturated heterocycles. The smallest absolute Gasteiger partial charge is 0.308 e. The first-order valence-corrected chi connectivity index (χ1v) is 23.2. The molecule has 0 heterocycles. The zero-order valence-corrected chi connectivity index (χ0v) is 34.2. The first-order valence-electron chi connectivity index (χ1n) is 17.4. The van der Waals surface area contributed by atoms with Crippen LogP contribution in [0.4, 0.5) is 0 Å². The monoisotopic (exact) mass is 678 g/mol. The van der Waals surface area contributed by atoms with Crippen LogP contribution in [0.25, 0.3) is 0 Å². The van der Waals surface area contributed by atoms with Crippen molar-refractivity contribution in [2.75, 3.05) is 6.61 Å². The number of aliphatic hydroxyl groups is 1. The zero-order chi connectivity index (χ0) is 35.8. The molecule has 2 N–H and O–H groups in total. The predicted octanol–water partition coefficient (Wildman–Crippen LogP) is 9.95. The van der Waals surface area contributed by atoms with Gasteiger partial charge in [0.05, 0.1) is 37.4 Å². The summed E-state index contributed by atoms with van der Waals surface area (Å²) in [5.74, 6) is -1.55. The van der Waals surface area contributed by atoms with E-state index in [1.54, 1.807) is 6.92 Å². The Balaban J connectivity index is 3.23. The SMILES string of the molecule is C/C(=C/[C@H](C)[C@@H](O[Si](C)(C)C(C)(C)C)[C@@H](C)C(=O)O)CC(C)C(O[Si](C)(C)C(C)(C)C)C(C)C(O)[C@@H](C)COCc1ccccc1. The Bertz CT molecular complexity index is 1090. The Morgan fingerprint density at radius 3 is 1.76 bits per heavy atom. The van der Waals surface area contributed by atoms with E-state index in [-0.39, 0.29) is 39.9 Å². The number of allylic oxidation sites excluding steroid dienone is 1. The number of hydrogen-bond acceptors (Lipinski definition) is 5. The van der Waals surface area contributed by atoms with Crippen molar-refractivity contribution in [1.29, 1.82) is 0 Å². The highest BCUT2D eigenvalue weighted by Crippen LogP contribution is 2.42. The lowest BCUT2D eigenvalue weighted by Crippen LogP contribution is -2.50. The number of carboxylic acid groups (broad SMARTS) is 1. The molecule has 0 fully saturated rings. The zero-order valence-electron chi connectivity index (χ0n) is 32.2. The number of hydrogen-bond donors (Lipinski definition) is 2. The van der Waals surface area contributed by atoms with E-state index in [1.807, 2.05) is 18.2 Å². The van der Waals surface area contributed by atoms with Gasteiger partial charge in [-0.1, -0.05) is 111 Å². The third-order valence-electron chi connectivity index (χ3n) is 10.8. The van der Waals surface area contributed by atoms with E-state index in [9.17, 15) is 15.0 Å². The average Bonchev–Trinajstić information content (AvgIpc) is 2.92. The molecule has 1 rings (SSSR count). The molecule has 4 unspecified atom stereocenters. The molecule has 8 heteroatoms. The molecule has 6 nitrogen and oxygen atoms in total. The molecular formula is C38H70O6Si2. The summed E-state index contributed by atoms with van der Waals surface area (Å²) < 4.78 is 19.9. The van der Waals surface area contributed by atoms with Crippen molar-refractivity contribution in [3.63, 3.8) is 0 Å². The summed E-state index contributed by atoms with van der Waals surface area (Å²) in [5, 5.41) is 21.6. The summed E-state index contributed by atoms with van der Waals surface area (Å²) in [5.41, 5.74) is 2.31. The molecule has 0 radical (unpaired) electrons. The van der Waals surface area contributed by atoms with Crippen molar-refractivity contribution >= 4 is 22.6 Å². The normalized spacial score (nSPS) is 19.1. The summed E-state index contributed by atoms with van der Waals surface area (Å²) in [6, 6.07) is 10.1. The van der Waals surface area contributed by atoms with E-state index in [4.69, 9.17) is 13.6 Å². The number of benzene rings is 1. The summed E-state index contributed by atoms with van der Waals surface area (Å²) in [6.45, 7) is 35.6. The third kappa shape index (κ3) is 12.6. The van der Waals surface area contributed by atoms with Gasteiger partial charge in [-0.3, -0.25) is 4.79 Å². The molecule has 0 saturated carbocycles. The molecule has 1 aromatic carbocycles. The molecule has 0 bridgehead atoms. The molecule has 0 spiro atoms. The lowest BCUT2D eigenvalue weighted by Gasteiger charge is -2.44. The maximum atomic E-state index is 12.1. The Morgan fingerprint density at radius 1 is 0.826 bits per heavy atom. The topological polar surface area (TPSA) is 85.2 Å². The van der Waals surface area contributed by atoms with Crippen molar-refractivity contribution in [1.82, 2.24) is 0 Å². The van der Waals surface area contributed by atoms with Gasteiger partial charge in [-0.05, 0) is 68.0 Å². The fraction of sp³-hybridized carbons (Fsp3) is 0.763. The first-order chi connectivity index (χ1) is 20.8. The van der Waals surface area contributed by atoms with Crippen LogP contribution in [0.2, 0.25) is 36.3 Å². The molecular weight excluding hydrogens is 609 g/mol. The molecule has 1 aromatic rings. The van der Waals surface area contributed by atoms with Gasteiger partial charge in [-0.2, -0.15) is 0 Å². The van der Waals surface area contributed by atoms with E-state index in [0.717, 1.165) is 12.0 Å². The van der Waals surface area contributed by atoms with Crippen LogP contribution in [0.1, 0.15) is 95.1 Å². The van der Waals surface area contributed by atoms with Gasteiger partial charge >= 0.3 is 5.97 Å². The maximum Gasteiger partial charge on any atom is 0.308 e. The second kappa shape index (κ2) is 17.4. The maximum absolute atomic E-state index is 12.1. The Morgan fingerprint density at radius 2 is 1.30 bits per heavy atom. The van der Waals surface area contributed by atoms with Gasteiger partial charge in [0.15, 0.2) is 16.6 Å². The fourth-order valence-corrected chi connectivity index (χ4v) is 8.50. The summed E-state index contributed by atoms with van der Waals surface area (Å²) in [4.78, 5) is 12.1. The van der Waals surface area contributed by atoms with Crippen molar-refractivity contribution in [2.24, 2.45) is 29.6 Å². The highest BCUT2D eigenvalue weighted by atomic mass is 28.4. The molecule has 0 aliphatic heterocycles. The van der Waals surface area contributed by atoms with E-state index in [1.165, 1.54) is 5.57 Å². The second-order valence-electron chi connectivity index (χ2n) is 17.2. The highest BCUT2D eigenvalue weighted by Gasteiger charge is 2.44. The van der Waals surface area contributed by atoms with Crippen LogP contribution in [0.3, 0.4) is 0 Å². The van der Waals surface area contributed by atoms with Gasteiger partial charge in [-0.15, -0.1) is 0 Å². The van der Waals surface area contributed by atoms with Gasteiger partial charge in [0, 0.05) is 17.8 Å². The Kier molecular flexibility index (Phi) is 16.1. The third-order valence-corrected chi connectivity index (χ3v) is 19.7. The number of carbonyl (C=O) groups is 1. The lowest BCUT2D eigenvalue weighted by atomic mass is 9.81. The molecule has 0 aliphatic rings. The minimum absolute atomic E-state index is 0.0224. The molecule has 8 atom stereocenters. The van der Waals surface area contributed by atoms with Crippen LogP contribution < -0.4 is 0 Å². The minimum Gasteiger partial charge on any atom is -0.481 e. The van der Waals surface area contributed by atoms with Crippen LogP contribution in [0.15, 0.2) is 42.0 Å². The van der Waals surface area contributed by atoms with Gasteiger partial charge in [-0.25, -0.2) is 0 Å². The summed E-state index contributed by atoms with van der Waals surface area (Å²) >= 11 is 0. The fourth-order valence-electron chi connectivity index (χ4n) is 5.56. The van der Waals surface area contributed by atoms with Crippen LogP contribution in [0, 0.1) is 29.6 Å². The first kappa shape index (κ1) is 42.7. The second-order valence-corrected chi connectivity index (χ2v) is 26.7. The summed E-state index contributed by atoms with van der Waals surface area (Å²) in [6.07, 6.45) is 1.84. The van der Waals surface area contributed by atoms with E-state index in [0.29, 0.717) is 13.2 Å². The minimum atomic E-state index is -2.20. The van der Waals surface area contributed by atoms with Crippen LogP contribution in [0.5, 0.6) is 0 Å². The van der Waals surface area contributed by atoms with Gasteiger partial charge < -0.3 is 23.8 Å². The number of ether oxygens (including phenoxy) is 1. The highest BCUT2D eigenvalue weighted by molar-refractivity contribution is 6.74. The van der Waals surface area contributed by atoms with Gasteiger partial charge in [0.2, 0.25) is 0 Å². The van der Waals surface area contributed by atoms with Gasteiger partial charge in [0.1, 0.15) is 0 Å². The largest absolute Gasteiger partial charge is 0.481 e. The number of aliphatic carboxylic acids is 1. The average molecular weight is 679 g/mol. The molecule has 266 valence electrons. The summed E-state index contributed by atoms with van der Waals surface area (Å²) in [7, 11) is -4.36. The standard InChI is InChI=1S/C38H70O6Si2/c1-26(23-28(3)35(31(6)36(40)41)44-46(15,16)38(10,11)12)22-27(2)34(43-45(13,14)37(7,8)9)30(5)33(39)29(4)24-42-25-32-20-18-17-19-21-32/h17-21,23,27-31,33-35,39H,22,24-25H2,1-16H3,(H,40,41)/b26-23-/t27?,28-,29-,30?,31+,33?,34?,35+/m0/s1. The van der Waals surface area contributed by atoms with Crippen LogP contribution >= 0.6 is 0 Å². The van der Waals surface area contributed by atoms with Crippen LogP contribution in [-0.2, 0) is 25.0 Å². The van der Waals surface area contributed by atoms with E-state index < -0.39 is 40.7 Å². The molecule has 0 aliphatic carbocycles. The number of rotatable bonds is 18. The Hall–Kier alpha value is -1.30. The van der Waals surface area contributed by atoms with Crippen molar-refractivity contribution in [2.45, 2.75) is 151 Å². The number of aliphatic hydroxyl groups excluding tert-OH is 1. The predicted molar refractivity (Wildman–Crippen MR) is 198 cm³/mol. The lowest BCUT2D eigenvalue weighted by molar-refractivity contribution is -0.145. The van der Waals surface area contributed by atoms with E-state index >= 15 is 0 Å². The molecule has 0 aromatic heterocycles. The van der Waals surface area contributed by atoms with E-state index in [2.05, 4.69) is 121 Å². The quantitative estimate of drug-likeness (QED) is 0.119. The molecule has 0 amide bonds. The molecule has 46 heavy (non-hydrogen) atoms. The Labute approximate surface area is 285 Å². The van der Waals surface area contributed by atoms with Gasteiger partial charge in [0.25, 0.3) is 0 Å². The van der Waals surface area contributed by atoms with Crippen molar-refractivity contribution in [3.8, 4) is 0 Å². The van der Waals surface area contributed by atoms with Crippen LogP contribution in [-0.4, -0.2) is 57.7 Å².